The van der Waals surface area contributed by atoms with Gasteiger partial charge < -0.3 is 19.6 Å². The van der Waals surface area contributed by atoms with Gasteiger partial charge in [0.1, 0.15) is 31.8 Å². The second-order valence-electron chi connectivity index (χ2n) is 6.32. The molecule has 0 aromatic heterocycles. The van der Waals surface area contributed by atoms with Gasteiger partial charge >= 0.3 is 11.9 Å². The van der Waals surface area contributed by atoms with Crippen molar-refractivity contribution in [1.82, 2.24) is 9.80 Å². The van der Waals surface area contributed by atoms with Gasteiger partial charge in [0.2, 0.25) is 11.8 Å². The van der Waals surface area contributed by atoms with Crippen molar-refractivity contribution >= 4 is 23.8 Å². The summed E-state index contributed by atoms with van der Waals surface area (Å²) < 4.78 is 5.16. The van der Waals surface area contributed by atoms with E-state index in [1.807, 2.05) is 31.2 Å². The Bertz CT molecular complexity index is 715. The molecule has 1 fully saturated rings. The fourth-order valence-corrected chi connectivity index (χ4v) is 2.62. The predicted molar refractivity (Wildman–Crippen MR) is 91.0 cm³/mol. The van der Waals surface area contributed by atoms with Crippen molar-refractivity contribution in [3.05, 3.63) is 35.4 Å². The summed E-state index contributed by atoms with van der Waals surface area (Å²) in [4.78, 5) is 49.8. The number of carbonyl (C=O) groups excluding carboxylic acids is 3. The monoisotopic (exact) mass is 362 g/mol. The molecule has 1 aliphatic rings. The van der Waals surface area contributed by atoms with E-state index < -0.39 is 35.8 Å². The standard InChI is InChI=1S/C18H22N2O6/c1-11-4-6-14(7-5-11)10-26-16(22)9-19-12(2)17(23)20(8-15(19)21)13(3)18(24)25/h4-7,12-13H,8-10H2,1-3H3,(H,24,25)/t12-,13-/m0/s1. The minimum atomic E-state index is -1.19. The summed E-state index contributed by atoms with van der Waals surface area (Å²) in [5, 5.41) is 9.04. The fraction of sp³-hybridized carbons (Fsp3) is 0.444. The lowest BCUT2D eigenvalue weighted by Gasteiger charge is -2.39. The minimum absolute atomic E-state index is 0.0750. The van der Waals surface area contributed by atoms with Gasteiger partial charge in [-0.1, -0.05) is 29.8 Å². The van der Waals surface area contributed by atoms with Gasteiger partial charge in [0, 0.05) is 0 Å². The van der Waals surface area contributed by atoms with E-state index in [9.17, 15) is 19.2 Å². The maximum absolute atomic E-state index is 12.3. The Hall–Kier alpha value is -2.90. The summed E-state index contributed by atoms with van der Waals surface area (Å²) in [5.41, 5.74) is 1.91. The molecular formula is C18H22N2O6. The number of amides is 2. The Morgan fingerprint density at radius 3 is 2.46 bits per heavy atom. The summed E-state index contributed by atoms with van der Waals surface area (Å²) >= 11 is 0. The van der Waals surface area contributed by atoms with Gasteiger partial charge in [-0.3, -0.25) is 14.4 Å². The number of aliphatic carboxylic acids is 1. The van der Waals surface area contributed by atoms with Crippen LogP contribution in [-0.2, 0) is 30.5 Å². The van der Waals surface area contributed by atoms with E-state index in [1.54, 1.807) is 0 Å². The topological polar surface area (TPSA) is 104 Å². The van der Waals surface area contributed by atoms with Gasteiger partial charge in [-0.15, -0.1) is 0 Å². The first-order valence-electron chi connectivity index (χ1n) is 8.24. The Morgan fingerprint density at radius 1 is 1.27 bits per heavy atom. The van der Waals surface area contributed by atoms with Crippen molar-refractivity contribution < 1.29 is 29.0 Å². The molecule has 1 heterocycles. The van der Waals surface area contributed by atoms with Crippen LogP contribution in [0.4, 0.5) is 0 Å². The Balaban J connectivity index is 1.95. The molecule has 2 rings (SSSR count). The number of carboxylic acid groups (broad SMARTS) is 1. The van der Waals surface area contributed by atoms with E-state index in [4.69, 9.17) is 9.84 Å². The highest BCUT2D eigenvalue weighted by atomic mass is 16.5. The van der Waals surface area contributed by atoms with Crippen LogP contribution in [0.25, 0.3) is 0 Å². The number of carbonyl (C=O) groups is 4. The number of nitrogens with zero attached hydrogens (tertiary/aromatic N) is 2. The molecule has 2 amide bonds. The van der Waals surface area contributed by atoms with Crippen LogP contribution >= 0.6 is 0 Å². The number of hydrogen-bond acceptors (Lipinski definition) is 5. The van der Waals surface area contributed by atoms with Crippen molar-refractivity contribution in [3.8, 4) is 0 Å². The molecule has 1 aromatic rings. The number of ether oxygens (including phenoxy) is 1. The van der Waals surface area contributed by atoms with E-state index in [0.717, 1.165) is 20.9 Å². The molecule has 1 aromatic carbocycles. The van der Waals surface area contributed by atoms with Gasteiger partial charge in [0.15, 0.2) is 0 Å². The van der Waals surface area contributed by atoms with Crippen molar-refractivity contribution in [2.24, 2.45) is 0 Å². The molecule has 0 spiro atoms. The molecule has 1 aliphatic heterocycles. The summed E-state index contributed by atoms with van der Waals surface area (Å²) in [6, 6.07) is 5.44. The Labute approximate surface area is 151 Å². The molecule has 0 bridgehead atoms. The van der Waals surface area contributed by atoms with Crippen LogP contribution in [0.5, 0.6) is 0 Å². The predicted octanol–water partition coefficient (Wildman–Crippen LogP) is 0.571. The van der Waals surface area contributed by atoms with E-state index in [0.29, 0.717) is 0 Å². The number of rotatable bonds is 6. The molecule has 26 heavy (non-hydrogen) atoms. The lowest BCUT2D eigenvalue weighted by molar-refractivity contribution is -0.165. The molecule has 0 saturated carbocycles. The summed E-state index contributed by atoms with van der Waals surface area (Å²) in [6.07, 6.45) is 0. The van der Waals surface area contributed by atoms with Crippen LogP contribution in [-0.4, -0.2) is 63.8 Å². The zero-order valence-electron chi connectivity index (χ0n) is 15.0. The highest BCUT2D eigenvalue weighted by molar-refractivity contribution is 5.98. The smallest absolute Gasteiger partial charge is 0.326 e. The van der Waals surface area contributed by atoms with Crippen LogP contribution in [0.3, 0.4) is 0 Å². The maximum Gasteiger partial charge on any atom is 0.326 e. The number of esters is 1. The first-order valence-corrected chi connectivity index (χ1v) is 8.24. The molecular weight excluding hydrogens is 340 g/mol. The SMILES string of the molecule is Cc1ccc(COC(=O)CN2C(=O)CN([C@@H](C)C(=O)O)C(=O)[C@@H]2C)cc1. The van der Waals surface area contributed by atoms with E-state index >= 15 is 0 Å². The number of piperazine rings is 1. The van der Waals surface area contributed by atoms with Gasteiger partial charge in [-0.25, -0.2) is 4.79 Å². The Kier molecular flexibility index (Phi) is 5.97. The van der Waals surface area contributed by atoms with Crippen LogP contribution < -0.4 is 0 Å². The average molecular weight is 362 g/mol. The molecule has 0 aliphatic carbocycles. The third-order valence-corrected chi connectivity index (χ3v) is 4.38. The van der Waals surface area contributed by atoms with Gasteiger partial charge in [0.05, 0.1) is 0 Å². The average Bonchev–Trinajstić information content (AvgIpc) is 2.60. The highest BCUT2D eigenvalue weighted by Crippen LogP contribution is 2.16. The van der Waals surface area contributed by atoms with E-state index in [1.165, 1.54) is 13.8 Å². The molecule has 8 heteroatoms. The van der Waals surface area contributed by atoms with Crippen LogP contribution in [0.1, 0.15) is 25.0 Å². The third-order valence-electron chi connectivity index (χ3n) is 4.38. The Morgan fingerprint density at radius 2 is 1.88 bits per heavy atom. The molecule has 2 atom stereocenters. The highest BCUT2D eigenvalue weighted by Gasteiger charge is 2.41. The second kappa shape index (κ2) is 7.99. The van der Waals surface area contributed by atoms with Crippen LogP contribution in [0, 0.1) is 6.92 Å². The lowest BCUT2D eigenvalue weighted by atomic mass is 10.1. The summed E-state index contributed by atoms with van der Waals surface area (Å²) in [7, 11) is 0. The van der Waals surface area contributed by atoms with E-state index in [2.05, 4.69) is 0 Å². The quantitative estimate of drug-likeness (QED) is 0.742. The molecule has 1 N–H and O–H groups in total. The van der Waals surface area contributed by atoms with Crippen molar-refractivity contribution in [2.45, 2.75) is 39.5 Å². The number of aryl methyl sites for hydroxylation is 1. The zero-order chi connectivity index (χ0) is 19.4. The first-order chi connectivity index (χ1) is 12.2. The minimum Gasteiger partial charge on any atom is -0.480 e. The van der Waals surface area contributed by atoms with Crippen molar-refractivity contribution in [1.29, 1.82) is 0 Å². The molecule has 1 saturated heterocycles. The van der Waals surface area contributed by atoms with Gasteiger partial charge in [-0.2, -0.15) is 0 Å². The van der Waals surface area contributed by atoms with Gasteiger partial charge in [0.25, 0.3) is 0 Å². The summed E-state index contributed by atoms with van der Waals surface area (Å²) in [5.74, 6) is -2.81. The largest absolute Gasteiger partial charge is 0.480 e. The molecule has 8 nitrogen and oxygen atoms in total. The number of carboxylic acids is 1. The second-order valence-corrected chi connectivity index (χ2v) is 6.32. The molecule has 0 unspecified atom stereocenters. The number of benzene rings is 1. The van der Waals surface area contributed by atoms with Crippen LogP contribution in [0.2, 0.25) is 0 Å². The normalized spacial score (nSPS) is 18.7. The first kappa shape index (κ1) is 19.4. The fourth-order valence-electron chi connectivity index (χ4n) is 2.62. The zero-order valence-corrected chi connectivity index (χ0v) is 15.0. The van der Waals surface area contributed by atoms with Gasteiger partial charge in [-0.05, 0) is 26.3 Å². The lowest BCUT2D eigenvalue weighted by Crippen LogP contribution is -2.62. The summed E-state index contributed by atoms with van der Waals surface area (Å²) in [6.45, 7) is 4.10. The maximum atomic E-state index is 12.3. The van der Waals surface area contributed by atoms with Crippen LogP contribution in [0.15, 0.2) is 24.3 Å². The third kappa shape index (κ3) is 4.38. The van der Waals surface area contributed by atoms with Crippen molar-refractivity contribution in [3.63, 3.8) is 0 Å². The molecule has 0 radical (unpaired) electrons. The molecule has 140 valence electrons. The number of hydrogen-bond donors (Lipinski definition) is 1. The van der Waals surface area contributed by atoms with E-state index in [-0.39, 0.29) is 19.7 Å². The van der Waals surface area contributed by atoms with Crippen molar-refractivity contribution in [2.75, 3.05) is 13.1 Å².